The topological polar surface area (TPSA) is 67.8 Å². The van der Waals surface area contributed by atoms with Gasteiger partial charge in [0, 0.05) is 29.1 Å². The quantitative estimate of drug-likeness (QED) is 0.799. The molecule has 0 bridgehead atoms. The van der Waals surface area contributed by atoms with Crippen LogP contribution in [-0.4, -0.2) is 20.9 Å². The first-order valence-electron chi connectivity index (χ1n) is 7.68. The second kappa shape index (κ2) is 6.58. The van der Waals surface area contributed by atoms with Crippen molar-refractivity contribution in [2.45, 2.75) is 20.8 Å². The van der Waals surface area contributed by atoms with E-state index < -0.39 is 0 Å². The standard InChI is InChI=1S/C19H18N4O/c1-12-8-9-20-17(10-12)15-4-6-16(7-5-15)19(24)23-18-11-13(2)21-14(3)22-18/h4-11H,1-3H3,(H,21,22,23,24). The number of rotatable bonds is 3. The molecule has 120 valence electrons. The highest BCUT2D eigenvalue weighted by atomic mass is 16.1. The van der Waals surface area contributed by atoms with Crippen molar-refractivity contribution in [3.05, 3.63) is 71.3 Å². The molecule has 0 aliphatic heterocycles. The van der Waals surface area contributed by atoms with Gasteiger partial charge in [0.1, 0.15) is 11.6 Å². The number of nitrogens with zero attached hydrogens (tertiary/aromatic N) is 3. The Balaban J connectivity index is 1.79. The molecule has 0 saturated heterocycles. The van der Waals surface area contributed by atoms with Crippen LogP contribution in [0.1, 0.15) is 27.4 Å². The van der Waals surface area contributed by atoms with Crippen LogP contribution in [-0.2, 0) is 0 Å². The number of benzene rings is 1. The number of amides is 1. The number of anilines is 1. The summed E-state index contributed by atoms with van der Waals surface area (Å²) in [4.78, 5) is 25.1. The molecule has 0 saturated carbocycles. The first-order valence-corrected chi connectivity index (χ1v) is 7.68. The first-order chi connectivity index (χ1) is 11.5. The molecule has 0 aliphatic carbocycles. The summed E-state index contributed by atoms with van der Waals surface area (Å²) in [6, 6.07) is 13.1. The number of aromatic nitrogens is 3. The molecule has 0 atom stereocenters. The van der Waals surface area contributed by atoms with E-state index in [0.717, 1.165) is 22.5 Å². The lowest BCUT2D eigenvalue weighted by atomic mass is 10.1. The van der Waals surface area contributed by atoms with Gasteiger partial charge < -0.3 is 5.32 Å². The van der Waals surface area contributed by atoms with Crippen molar-refractivity contribution in [1.29, 1.82) is 0 Å². The fourth-order valence-electron chi connectivity index (χ4n) is 2.46. The van der Waals surface area contributed by atoms with Crippen LogP contribution in [0.25, 0.3) is 11.3 Å². The molecule has 3 rings (SSSR count). The van der Waals surface area contributed by atoms with Gasteiger partial charge in [-0.1, -0.05) is 12.1 Å². The van der Waals surface area contributed by atoms with Crippen LogP contribution in [0.3, 0.4) is 0 Å². The predicted octanol–water partition coefficient (Wildman–Crippen LogP) is 3.72. The van der Waals surface area contributed by atoms with Crippen LogP contribution in [0.5, 0.6) is 0 Å². The first kappa shape index (κ1) is 15.8. The molecule has 2 aromatic heterocycles. The van der Waals surface area contributed by atoms with Gasteiger partial charge in [-0.2, -0.15) is 0 Å². The van der Waals surface area contributed by atoms with Crippen molar-refractivity contribution in [2.75, 3.05) is 5.32 Å². The molecular formula is C19H18N4O. The minimum Gasteiger partial charge on any atom is -0.306 e. The maximum Gasteiger partial charge on any atom is 0.256 e. The zero-order valence-electron chi connectivity index (χ0n) is 13.9. The summed E-state index contributed by atoms with van der Waals surface area (Å²) < 4.78 is 0. The smallest absolute Gasteiger partial charge is 0.256 e. The van der Waals surface area contributed by atoms with Gasteiger partial charge in [-0.15, -0.1) is 0 Å². The van der Waals surface area contributed by atoms with E-state index in [2.05, 4.69) is 20.3 Å². The van der Waals surface area contributed by atoms with Crippen molar-refractivity contribution in [1.82, 2.24) is 15.0 Å². The Hall–Kier alpha value is -3.08. The van der Waals surface area contributed by atoms with Crippen LogP contribution >= 0.6 is 0 Å². The van der Waals surface area contributed by atoms with Gasteiger partial charge in [-0.05, 0) is 50.6 Å². The molecule has 2 heterocycles. The number of nitrogens with one attached hydrogen (secondary N) is 1. The minimum absolute atomic E-state index is 0.198. The lowest BCUT2D eigenvalue weighted by molar-refractivity contribution is 0.102. The third-order valence-corrected chi connectivity index (χ3v) is 3.57. The molecule has 0 aliphatic rings. The van der Waals surface area contributed by atoms with Gasteiger partial charge in [-0.3, -0.25) is 9.78 Å². The van der Waals surface area contributed by atoms with E-state index in [9.17, 15) is 4.79 Å². The van der Waals surface area contributed by atoms with Gasteiger partial charge in [0.25, 0.3) is 5.91 Å². The highest BCUT2D eigenvalue weighted by Gasteiger charge is 2.09. The third-order valence-electron chi connectivity index (χ3n) is 3.57. The van der Waals surface area contributed by atoms with E-state index in [0.29, 0.717) is 17.2 Å². The van der Waals surface area contributed by atoms with Gasteiger partial charge in [0.15, 0.2) is 0 Å². The molecule has 24 heavy (non-hydrogen) atoms. The summed E-state index contributed by atoms with van der Waals surface area (Å²) in [5.41, 5.74) is 4.41. The molecular weight excluding hydrogens is 300 g/mol. The zero-order valence-corrected chi connectivity index (χ0v) is 13.9. The Morgan fingerprint density at radius 1 is 0.958 bits per heavy atom. The SMILES string of the molecule is Cc1ccnc(-c2ccc(C(=O)Nc3cc(C)nc(C)n3)cc2)c1. The molecule has 5 nitrogen and oxygen atoms in total. The van der Waals surface area contributed by atoms with E-state index >= 15 is 0 Å². The van der Waals surface area contributed by atoms with Crippen LogP contribution in [0.2, 0.25) is 0 Å². The fraction of sp³-hybridized carbons (Fsp3) is 0.158. The highest BCUT2D eigenvalue weighted by molar-refractivity contribution is 6.04. The van der Waals surface area contributed by atoms with Crippen molar-refractivity contribution in [3.63, 3.8) is 0 Å². The van der Waals surface area contributed by atoms with Crippen LogP contribution < -0.4 is 5.32 Å². The van der Waals surface area contributed by atoms with E-state index in [1.165, 1.54) is 0 Å². The molecule has 0 fully saturated rings. The summed E-state index contributed by atoms with van der Waals surface area (Å²) in [6.07, 6.45) is 1.78. The van der Waals surface area contributed by atoms with E-state index in [-0.39, 0.29) is 5.91 Å². The molecule has 0 radical (unpaired) electrons. The molecule has 0 unspecified atom stereocenters. The minimum atomic E-state index is -0.198. The molecule has 0 spiro atoms. The van der Waals surface area contributed by atoms with Gasteiger partial charge >= 0.3 is 0 Å². The Morgan fingerprint density at radius 3 is 2.38 bits per heavy atom. The zero-order chi connectivity index (χ0) is 17.1. The predicted molar refractivity (Wildman–Crippen MR) is 93.9 cm³/mol. The van der Waals surface area contributed by atoms with Crippen molar-refractivity contribution in [3.8, 4) is 11.3 Å². The van der Waals surface area contributed by atoms with Crippen molar-refractivity contribution in [2.24, 2.45) is 0 Å². The third kappa shape index (κ3) is 3.63. The summed E-state index contributed by atoms with van der Waals surface area (Å²) in [6.45, 7) is 5.69. The fourth-order valence-corrected chi connectivity index (χ4v) is 2.46. The molecule has 1 aromatic carbocycles. The summed E-state index contributed by atoms with van der Waals surface area (Å²) in [7, 11) is 0. The van der Waals surface area contributed by atoms with Crippen molar-refractivity contribution < 1.29 is 4.79 Å². The summed E-state index contributed by atoms with van der Waals surface area (Å²) in [5, 5.41) is 2.80. The largest absolute Gasteiger partial charge is 0.306 e. The molecule has 5 heteroatoms. The average molecular weight is 318 g/mol. The second-order valence-electron chi connectivity index (χ2n) is 5.69. The second-order valence-corrected chi connectivity index (χ2v) is 5.69. The summed E-state index contributed by atoms with van der Waals surface area (Å²) >= 11 is 0. The average Bonchev–Trinajstić information content (AvgIpc) is 2.54. The van der Waals surface area contributed by atoms with E-state index in [4.69, 9.17) is 0 Å². The number of pyridine rings is 1. The monoisotopic (exact) mass is 318 g/mol. The van der Waals surface area contributed by atoms with Gasteiger partial charge in [0.05, 0.1) is 5.69 Å². The van der Waals surface area contributed by atoms with Gasteiger partial charge in [0.2, 0.25) is 0 Å². The number of carbonyl (C=O) groups excluding carboxylic acids is 1. The Kier molecular flexibility index (Phi) is 4.33. The molecule has 1 amide bonds. The van der Waals surface area contributed by atoms with Crippen LogP contribution in [0, 0.1) is 20.8 Å². The Bertz CT molecular complexity index is 868. The number of hydrogen-bond acceptors (Lipinski definition) is 4. The Labute approximate surface area is 140 Å². The van der Waals surface area contributed by atoms with Gasteiger partial charge in [-0.25, -0.2) is 9.97 Å². The molecule has 3 aromatic rings. The van der Waals surface area contributed by atoms with E-state index in [1.54, 1.807) is 31.3 Å². The van der Waals surface area contributed by atoms with Crippen LogP contribution in [0.15, 0.2) is 48.7 Å². The van der Waals surface area contributed by atoms with Crippen LogP contribution in [0.4, 0.5) is 5.82 Å². The maximum atomic E-state index is 12.4. The number of hydrogen-bond donors (Lipinski definition) is 1. The maximum absolute atomic E-state index is 12.4. The number of carbonyl (C=O) groups is 1. The summed E-state index contributed by atoms with van der Waals surface area (Å²) in [5.74, 6) is 0.942. The lowest BCUT2D eigenvalue weighted by Crippen LogP contribution is -2.13. The number of aryl methyl sites for hydroxylation is 3. The highest BCUT2D eigenvalue weighted by Crippen LogP contribution is 2.19. The molecule has 1 N–H and O–H groups in total. The Morgan fingerprint density at radius 2 is 1.71 bits per heavy atom. The normalized spacial score (nSPS) is 10.5. The van der Waals surface area contributed by atoms with Crippen molar-refractivity contribution >= 4 is 11.7 Å². The lowest BCUT2D eigenvalue weighted by Gasteiger charge is -2.07. The van der Waals surface area contributed by atoms with E-state index in [1.807, 2.05) is 38.1 Å².